The number of hydrogen-bond donors (Lipinski definition) is 2. The van der Waals surface area contributed by atoms with Crippen LogP contribution in [0.1, 0.15) is 26.2 Å². The zero-order chi connectivity index (χ0) is 9.98. The molecule has 0 saturated carbocycles. The highest BCUT2D eigenvalue weighted by molar-refractivity contribution is 9.09. The Kier molecular flexibility index (Phi) is 12.1. The minimum Gasteiger partial charge on any atom is -0.370 e. The highest BCUT2D eigenvalue weighted by Crippen LogP contribution is 1.89. The van der Waals surface area contributed by atoms with Crippen molar-refractivity contribution in [2.45, 2.75) is 26.2 Å². The molecule has 0 atom stereocenters. The Labute approximate surface area is 80.8 Å². The maximum atomic E-state index is 9.98. The van der Waals surface area contributed by atoms with Gasteiger partial charge in [0.15, 0.2) is 0 Å². The summed E-state index contributed by atoms with van der Waals surface area (Å²) in [4.78, 5) is 19.5. The summed E-state index contributed by atoms with van der Waals surface area (Å²) in [5, 5.41) is 0.257. The summed E-state index contributed by atoms with van der Waals surface area (Å²) in [6.45, 7) is 2.03. The van der Waals surface area contributed by atoms with Gasteiger partial charge in [-0.1, -0.05) is 29.3 Å². The predicted molar refractivity (Wildman–Crippen MR) is 51.7 cm³/mol. The van der Waals surface area contributed by atoms with Gasteiger partial charge >= 0.3 is 0 Å². The van der Waals surface area contributed by atoms with Crippen molar-refractivity contribution in [2.75, 3.05) is 5.33 Å². The number of nitrogens with two attached hydrogens (primary N) is 2. The van der Waals surface area contributed by atoms with Gasteiger partial charge in [0.25, 0.3) is 0 Å². The summed E-state index contributed by atoms with van der Waals surface area (Å²) in [6.07, 6.45) is 2.51. The van der Waals surface area contributed by atoms with E-state index in [2.05, 4.69) is 21.7 Å². The SMILES string of the molecule is CCCCC(N)=O.NC(=O)CBr. The zero-order valence-corrected chi connectivity index (χ0v) is 8.76. The first-order chi connectivity index (χ1) is 5.54. The second-order valence-corrected chi connectivity index (χ2v) is 2.73. The van der Waals surface area contributed by atoms with Gasteiger partial charge in [-0.25, -0.2) is 0 Å². The minimum atomic E-state index is -0.329. The smallest absolute Gasteiger partial charge is 0.228 e. The van der Waals surface area contributed by atoms with Crippen LogP contribution in [0.15, 0.2) is 0 Å². The highest BCUT2D eigenvalue weighted by atomic mass is 79.9. The fraction of sp³-hybridized carbons (Fsp3) is 0.714. The molecule has 0 heterocycles. The lowest BCUT2D eigenvalue weighted by molar-refractivity contribution is -0.118. The number of amides is 2. The Morgan fingerprint density at radius 2 is 1.67 bits per heavy atom. The second-order valence-electron chi connectivity index (χ2n) is 2.17. The van der Waals surface area contributed by atoms with Crippen molar-refractivity contribution in [2.24, 2.45) is 11.5 Å². The molecule has 0 aromatic heterocycles. The summed E-state index contributed by atoms with van der Waals surface area (Å²) < 4.78 is 0. The van der Waals surface area contributed by atoms with Crippen molar-refractivity contribution in [3.8, 4) is 0 Å². The van der Waals surface area contributed by atoms with Crippen LogP contribution in [0, 0.1) is 0 Å². The number of rotatable bonds is 4. The fourth-order valence-electron chi connectivity index (χ4n) is 0.351. The van der Waals surface area contributed by atoms with Crippen molar-refractivity contribution in [1.29, 1.82) is 0 Å². The molecule has 72 valence electrons. The molecule has 0 fully saturated rings. The second kappa shape index (κ2) is 10.4. The molecule has 0 aliphatic heterocycles. The molecular formula is C7H15BrN2O2. The average molecular weight is 239 g/mol. The van der Waals surface area contributed by atoms with Gasteiger partial charge in [-0.2, -0.15) is 0 Å². The molecule has 0 aliphatic carbocycles. The van der Waals surface area contributed by atoms with Gasteiger partial charge in [-0.05, 0) is 6.42 Å². The maximum Gasteiger partial charge on any atom is 0.228 e. The Morgan fingerprint density at radius 1 is 1.25 bits per heavy atom. The summed E-state index contributed by atoms with van der Waals surface area (Å²) in [5.74, 6) is -0.521. The lowest BCUT2D eigenvalue weighted by Gasteiger charge is -1.86. The standard InChI is InChI=1S/C5H11NO.C2H4BrNO/c1-2-3-4-5(6)7;3-1-2(4)5/h2-4H2,1H3,(H2,6,7);1H2,(H2,4,5). The number of alkyl halides is 1. The van der Waals surface area contributed by atoms with Crippen LogP contribution < -0.4 is 11.5 Å². The van der Waals surface area contributed by atoms with E-state index in [-0.39, 0.29) is 17.1 Å². The molecule has 0 rings (SSSR count). The molecule has 0 saturated heterocycles. The van der Waals surface area contributed by atoms with Crippen molar-refractivity contribution in [3.05, 3.63) is 0 Å². The first kappa shape index (κ1) is 14.0. The number of hydrogen-bond acceptors (Lipinski definition) is 2. The largest absolute Gasteiger partial charge is 0.370 e. The van der Waals surface area contributed by atoms with Gasteiger partial charge in [-0.15, -0.1) is 0 Å². The van der Waals surface area contributed by atoms with E-state index in [0.717, 1.165) is 12.8 Å². The first-order valence-corrected chi connectivity index (χ1v) is 4.79. The van der Waals surface area contributed by atoms with Crippen molar-refractivity contribution < 1.29 is 9.59 Å². The molecule has 0 spiro atoms. The number of carbonyl (C=O) groups excluding carboxylic acids is 2. The van der Waals surface area contributed by atoms with Crippen molar-refractivity contribution >= 4 is 27.7 Å². The van der Waals surface area contributed by atoms with Gasteiger partial charge in [0, 0.05) is 6.42 Å². The lowest BCUT2D eigenvalue weighted by Crippen LogP contribution is -2.10. The van der Waals surface area contributed by atoms with Crippen LogP contribution >= 0.6 is 15.9 Å². The third-order valence-electron chi connectivity index (χ3n) is 0.908. The van der Waals surface area contributed by atoms with Crippen LogP contribution in [-0.2, 0) is 9.59 Å². The molecule has 0 aromatic carbocycles. The topological polar surface area (TPSA) is 86.2 Å². The van der Waals surface area contributed by atoms with E-state index in [0.29, 0.717) is 6.42 Å². The molecule has 0 aliphatic rings. The van der Waals surface area contributed by atoms with Crippen LogP contribution in [0.4, 0.5) is 0 Å². The minimum absolute atomic E-state index is 0.193. The highest BCUT2D eigenvalue weighted by Gasteiger charge is 1.88. The monoisotopic (exact) mass is 238 g/mol. The molecule has 4 nitrogen and oxygen atoms in total. The molecule has 0 radical (unpaired) electrons. The molecule has 4 N–H and O–H groups in total. The third kappa shape index (κ3) is 22.7. The Morgan fingerprint density at radius 3 is 1.75 bits per heavy atom. The van der Waals surface area contributed by atoms with Gasteiger partial charge in [0.1, 0.15) is 0 Å². The molecular weight excluding hydrogens is 224 g/mol. The number of primary amides is 2. The Hall–Kier alpha value is -0.580. The van der Waals surface area contributed by atoms with Gasteiger partial charge in [0.2, 0.25) is 11.8 Å². The van der Waals surface area contributed by atoms with E-state index >= 15 is 0 Å². The molecule has 12 heavy (non-hydrogen) atoms. The summed E-state index contributed by atoms with van der Waals surface area (Å²) in [6, 6.07) is 0. The molecule has 5 heteroatoms. The Balaban J connectivity index is 0. The number of carbonyl (C=O) groups is 2. The molecule has 0 unspecified atom stereocenters. The maximum absolute atomic E-state index is 9.98. The Bertz CT molecular complexity index is 139. The van der Waals surface area contributed by atoms with Crippen LogP contribution in [0.25, 0.3) is 0 Å². The van der Waals surface area contributed by atoms with Gasteiger partial charge < -0.3 is 11.5 Å². The van der Waals surface area contributed by atoms with Crippen molar-refractivity contribution in [3.63, 3.8) is 0 Å². The van der Waals surface area contributed by atoms with E-state index in [1.54, 1.807) is 0 Å². The van der Waals surface area contributed by atoms with E-state index in [1.165, 1.54) is 0 Å². The third-order valence-corrected chi connectivity index (χ3v) is 1.46. The van der Waals surface area contributed by atoms with Crippen LogP contribution in [-0.4, -0.2) is 17.1 Å². The molecule has 2 amide bonds. The molecule has 0 bridgehead atoms. The quantitative estimate of drug-likeness (QED) is 0.701. The van der Waals surface area contributed by atoms with E-state index < -0.39 is 0 Å². The van der Waals surface area contributed by atoms with E-state index in [4.69, 9.17) is 5.73 Å². The summed E-state index contributed by atoms with van der Waals surface area (Å²) in [5.41, 5.74) is 9.45. The summed E-state index contributed by atoms with van der Waals surface area (Å²) >= 11 is 2.84. The van der Waals surface area contributed by atoms with Crippen LogP contribution in [0.5, 0.6) is 0 Å². The number of halogens is 1. The van der Waals surface area contributed by atoms with Gasteiger partial charge in [0.05, 0.1) is 5.33 Å². The van der Waals surface area contributed by atoms with E-state index in [1.807, 2.05) is 6.92 Å². The lowest BCUT2D eigenvalue weighted by atomic mass is 10.2. The van der Waals surface area contributed by atoms with Crippen LogP contribution in [0.3, 0.4) is 0 Å². The molecule has 0 aromatic rings. The zero-order valence-electron chi connectivity index (χ0n) is 7.18. The predicted octanol–water partition coefficient (Wildman–Crippen LogP) is 0.529. The van der Waals surface area contributed by atoms with Crippen LogP contribution in [0.2, 0.25) is 0 Å². The normalized spacial score (nSPS) is 8.17. The van der Waals surface area contributed by atoms with Gasteiger partial charge in [-0.3, -0.25) is 9.59 Å². The fourth-order valence-corrected chi connectivity index (χ4v) is 0.351. The van der Waals surface area contributed by atoms with E-state index in [9.17, 15) is 9.59 Å². The average Bonchev–Trinajstić information content (AvgIpc) is 2.02. The summed E-state index contributed by atoms with van der Waals surface area (Å²) in [7, 11) is 0. The number of unbranched alkanes of at least 4 members (excludes halogenated alkanes) is 1. The first-order valence-electron chi connectivity index (χ1n) is 3.67. The van der Waals surface area contributed by atoms with Crippen molar-refractivity contribution in [1.82, 2.24) is 0 Å².